The third-order valence-corrected chi connectivity index (χ3v) is 5.37. The van der Waals surface area contributed by atoms with Crippen LogP contribution in [0.3, 0.4) is 0 Å². The van der Waals surface area contributed by atoms with E-state index in [2.05, 4.69) is 0 Å². The molecule has 3 fully saturated rings. The summed E-state index contributed by atoms with van der Waals surface area (Å²) in [5.41, 5.74) is -1.04. The molecule has 0 aromatic rings. The average molecular weight is 210 g/mol. The van der Waals surface area contributed by atoms with Gasteiger partial charge in [-0.15, -0.1) is 0 Å². The first-order valence-corrected chi connectivity index (χ1v) is 6.36. The number of rotatable bonds is 0. The standard InChI is InChI=1S/C13H22O2/c1-12(14)5-3-8-7-9(8)11-10(12)4-6-13(11,2)15/h8-11,14-15H,3-7H2,1-2H3/t8-,9+,10+,11-,12-,13-/m0/s1. The fourth-order valence-corrected chi connectivity index (χ4v) is 4.39. The Morgan fingerprint density at radius 1 is 1.00 bits per heavy atom. The van der Waals surface area contributed by atoms with Gasteiger partial charge in [0.2, 0.25) is 0 Å². The summed E-state index contributed by atoms with van der Waals surface area (Å²) < 4.78 is 0. The highest BCUT2D eigenvalue weighted by molar-refractivity contribution is 5.11. The fraction of sp³-hybridized carbons (Fsp3) is 1.00. The Morgan fingerprint density at radius 2 is 1.67 bits per heavy atom. The molecule has 0 heterocycles. The third kappa shape index (κ3) is 1.38. The Hall–Kier alpha value is -0.0800. The van der Waals surface area contributed by atoms with Crippen molar-refractivity contribution in [1.29, 1.82) is 0 Å². The lowest BCUT2D eigenvalue weighted by Gasteiger charge is -2.36. The van der Waals surface area contributed by atoms with Crippen LogP contribution in [-0.2, 0) is 0 Å². The van der Waals surface area contributed by atoms with E-state index in [1.807, 2.05) is 13.8 Å². The number of aliphatic hydroxyl groups is 2. The lowest BCUT2D eigenvalue weighted by molar-refractivity contribution is -0.0613. The summed E-state index contributed by atoms with van der Waals surface area (Å²) in [6.45, 7) is 3.96. The molecule has 6 atom stereocenters. The van der Waals surface area contributed by atoms with E-state index in [0.717, 1.165) is 25.2 Å². The smallest absolute Gasteiger partial charge is 0.0654 e. The second-order valence-electron chi connectivity index (χ2n) is 6.58. The predicted octanol–water partition coefficient (Wildman–Crippen LogP) is 1.94. The lowest BCUT2D eigenvalue weighted by atomic mass is 9.75. The molecule has 3 aliphatic carbocycles. The molecule has 0 aromatic carbocycles. The molecular weight excluding hydrogens is 188 g/mol. The lowest BCUT2D eigenvalue weighted by Crippen LogP contribution is -2.42. The molecule has 0 spiro atoms. The molecule has 0 aromatic heterocycles. The van der Waals surface area contributed by atoms with Crippen LogP contribution in [0.15, 0.2) is 0 Å². The highest BCUT2D eigenvalue weighted by atomic mass is 16.3. The van der Waals surface area contributed by atoms with E-state index in [-0.39, 0.29) is 0 Å². The number of hydrogen-bond acceptors (Lipinski definition) is 2. The van der Waals surface area contributed by atoms with Crippen molar-refractivity contribution in [2.75, 3.05) is 0 Å². The monoisotopic (exact) mass is 210 g/mol. The molecule has 86 valence electrons. The minimum atomic E-state index is -0.529. The highest BCUT2D eigenvalue weighted by Gasteiger charge is 2.61. The van der Waals surface area contributed by atoms with Crippen molar-refractivity contribution in [3.8, 4) is 0 Å². The van der Waals surface area contributed by atoms with Crippen molar-refractivity contribution in [3.05, 3.63) is 0 Å². The summed E-state index contributed by atoms with van der Waals surface area (Å²) in [6, 6.07) is 0. The van der Waals surface area contributed by atoms with E-state index in [4.69, 9.17) is 0 Å². The van der Waals surface area contributed by atoms with E-state index in [1.165, 1.54) is 12.8 Å². The van der Waals surface area contributed by atoms with E-state index in [1.54, 1.807) is 0 Å². The Bertz CT molecular complexity index is 282. The Labute approximate surface area is 91.7 Å². The first-order valence-electron chi connectivity index (χ1n) is 6.36. The summed E-state index contributed by atoms with van der Waals surface area (Å²) in [5, 5.41) is 20.9. The Kier molecular flexibility index (Phi) is 1.87. The number of fused-ring (bicyclic) bond motifs is 3. The molecule has 2 nitrogen and oxygen atoms in total. The number of hydrogen-bond donors (Lipinski definition) is 2. The predicted molar refractivity (Wildman–Crippen MR) is 58.3 cm³/mol. The van der Waals surface area contributed by atoms with Crippen molar-refractivity contribution in [2.24, 2.45) is 23.7 Å². The molecule has 0 bridgehead atoms. The average Bonchev–Trinajstić information content (AvgIpc) is 2.80. The first kappa shape index (κ1) is 10.1. The minimum Gasteiger partial charge on any atom is -0.390 e. The zero-order chi connectivity index (χ0) is 10.8. The van der Waals surface area contributed by atoms with Gasteiger partial charge in [-0.05, 0) is 69.6 Å². The normalized spacial score (nSPS) is 63.2. The zero-order valence-corrected chi connectivity index (χ0v) is 9.74. The summed E-state index contributed by atoms with van der Waals surface area (Å²) in [4.78, 5) is 0. The van der Waals surface area contributed by atoms with Crippen molar-refractivity contribution in [3.63, 3.8) is 0 Å². The molecule has 2 N–H and O–H groups in total. The summed E-state index contributed by atoms with van der Waals surface area (Å²) >= 11 is 0. The second-order valence-corrected chi connectivity index (χ2v) is 6.58. The van der Waals surface area contributed by atoms with E-state index < -0.39 is 11.2 Å². The molecule has 3 saturated carbocycles. The molecular formula is C13H22O2. The quantitative estimate of drug-likeness (QED) is 0.641. The van der Waals surface area contributed by atoms with Crippen molar-refractivity contribution in [1.82, 2.24) is 0 Å². The van der Waals surface area contributed by atoms with Crippen LogP contribution in [0.4, 0.5) is 0 Å². The third-order valence-electron chi connectivity index (χ3n) is 5.37. The maximum atomic E-state index is 10.5. The van der Waals surface area contributed by atoms with E-state index in [9.17, 15) is 10.2 Å². The van der Waals surface area contributed by atoms with Crippen molar-refractivity contribution < 1.29 is 10.2 Å². The maximum Gasteiger partial charge on any atom is 0.0654 e. The van der Waals surface area contributed by atoms with Crippen molar-refractivity contribution >= 4 is 0 Å². The van der Waals surface area contributed by atoms with Crippen LogP contribution in [0.5, 0.6) is 0 Å². The molecule has 0 aliphatic heterocycles. The largest absolute Gasteiger partial charge is 0.390 e. The van der Waals surface area contributed by atoms with Gasteiger partial charge in [0, 0.05) is 0 Å². The first-order chi connectivity index (χ1) is 6.92. The van der Waals surface area contributed by atoms with E-state index in [0.29, 0.717) is 17.8 Å². The molecule has 15 heavy (non-hydrogen) atoms. The van der Waals surface area contributed by atoms with Crippen LogP contribution in [-0.4, -0.2) is 21.4 Å². The van der Waals surface area contributed by atoms with Crippen LogP contribution in [0.1, 0.15) is 46.0 Å². The zero-order valence-electron chi connectivity index (χ0n) is 9.74. The van der Waals surface area contributed by atoms with Gasteiger partial charge in [0.1, 0.15) is 0 Å². The van der Waals surface area contributed by atoms with Crippen LogP contribution in [0, 0.1) is 23.7 Å². The Balaban J connectivity index is 1.95. The van der Waals surface area contributed by atoms with Gasteiger partial charge in [-0.25, -0.2) is 0 Å². The van der Waals surface area contributed by atoms with Crippen LogP contribution < -0.4 is 0 Å². The SMILES string of the molecule is C[C@]1(O)CC[C@@H]2[C@@H]1[C@@H]1C[C@@H]1CC[C@]2(C)O. The van der Waals surface area contributed by atoms with Crippen molar-refractivity contribution in [2.45, 2.75) is 57.2 Å². The fourth-order valence-electron chi connectivity index (χ4n) is 4.39. The van der Waals surface area contributed by atoms with Gasteiger partial charge in [-0.1, -0.05) is 0 Å². The molecule has 2 heteroatoms. The molecule has 0 radical (unpaired) electrons. The molecule has 0 saturated heterocycles. The highest BCUT2D eigenvalue weighted by Crippen LogP contribution is 2.62. The van der Waals surface area contributed by atoms with Gasteiger partial charge in [0.05, 0.1) is 11.2 Å². The summed E-state index contributed by atoms with van der Waals surface area (Å²) in [7, 11) is 0. The van der Waals surface area contributed by atoms with Crippen LogP contribution in [0.2, 0.25) is 0 Å². The van der Waals surface area contributed by atoms with Gasteiger partial charge >= 0.3 is 0 Å². The maximum absolute atomic E-state index is 10.5. The van der Waals surface area contributed by atoms with Gasteiger partial charge in [0.15, 0.2) is 0 Å². The van der Waals surface area contributed by atoms with Gasteiger partial charge in [0.25, 0.3) is 0 Å². The molecule has 0 unspecified atom stereocenters. The summed E-state index contributed by atoms with van der Waals surface area (Å²) in [6.07, 6.45) is 5.29. The summed E-state index contributed by atoms with van der Waals surface area (Å²) in [5.74, 6) is 2.21. The minimum absolute atomic E-state index is 0.338. The molecule has 3 aliphatic rings. The molecule has 0 amide bonds. The second kappa shape index (κ2) is 2.78. The van der Waals surface area contributed by atoms with Gasteiger partial charge in [-0.2, -0.15) is 0 Å². The van der Waals surface area contributed by atoms with Gasteiger partial charge in [-0.3, -0.25) is 0 Å². The topological polar surface area (TPSA) is 40.5 Å². The van der Waals surface area contributed by atoms with Crippen LogP contribution >= 0.6 is 0 Å². The van der Waals surface area contributed by atoms with E-state index >= 15 is 0 Å². The van der Waals surface area contributed by atoms with Crippen LogP contribution in [0.25, 0.3) is 0 Å². The Morgan fingerprint density at radius 3 is 2.40 bits per heavy atom. The molecule has 3 rings (SSSR count). The van der Waals surface area contributed by atoms with Gasteiger partial charge < -0.3 is 10.2 Å².